The van der Waals surface area contributed by atoms with Crippen molar-refractivity contribution in [3.8, 4) is 0 Å². The van der Waals surface area contributed by atoms with E-state index in [1.165, 1.54) is 5.56 Å². The van der Waals surface area contributed by atoms with Crippen LogP contribution in [-0.2, 0) is 21.5 Å². The molecular weight excluding hydrogens is 390 g/mol. The fourth-order valence-electron chi connectivity index (χ4n) is 4.06. The predicted octanol–water partition coefficient (Wildman–Crippen LogP) is 3.92. The first-order chi connectivity index (χ1) is 14.8. The molecule has 3 rings (SSSR count). The van der Waals surface area contributed by atoms with Crippen molar-refractivity contribution in [3.05, 3.63) is 71.3 Å². The maximum Gasteiger partial charge on any atom is 0.325 e. The highest BCUT2D eigenvalue weighted by Crippen LogP contribution is 2.32. The van der Waals surface area contributed by atoms with Gasteiger partial charge in [0, 0.05) is 0 Å². The van der Waals surface area contributed by atoms with Crippen molar-refractivity contribution in [3.63, 3.8) is 0 Å². The molecule has 0 unspecified atom stereocenters. The van der Waals surface area contributed by atoms with E-state index in [-0.39, 0.29) is 18.5 Å². The van der Waals surface area contributed by atoms with Gasteiger partial charge in [-0.25, -0.2) is 4.79 Å². The van der Waals surface area contributed by atoms with Crippen LogP contribution in [0, 0.1) is 5.92 Å². The summed E-state index contributed by atoms with van der Waals surface area (Å²) in [7, 11) is 0. The molecule has 2 atom stereocenters. The molecule has 0 bridgehead atoms. The van der Waals surface area contributed by atoms with Crippen LogP contribution in [0.1, 0.15) is 56.8 Å². The molecule has 2 N–H and O–H groups in total. The van der Waals surface area contributed by atoms with Crippen molar-refractivity contribution in [2.45, 2.75) is 52.1 Å². The van der Waals surface area contributed by atoms with Gasteiger partial charge in [0.1, 0.15) is 12.1 Å². The number of carbonyl (C=O) groups is 3. The number of nitrogens with zero attached hydrogens (tertiary/aromatic N) is 1. The zero-order chi connectivity index (χ0) is 22.6. The number of hydrogen-bond donors (Lipinski definition) is 2. The second-order valence-electron chi connectivity index (χ2n) is 8.58. The molecule has 1 aliphatic heterocycles. The minimum absolute atomic E-state index is 0.230. The van der Waals surface area contributed by atoms with E-state index in [9.17, 15) is 14.4 Å². The number of carbonyl (C=O) groups excluding carboxylic acids is 3. The van der Waals surface area contributed by atoms with E-state index in [0.717, 1.165) is 16.9 Å². The topological polar surface area (TPSA) is 78.5 Å². The van der Waals surface area contributed by atoms with Gasteiger partial charge in [-0.3, -0.25) is 14.5 Å². The summed E-state index contributed by atoms with van der Waals surface area (Å²) in [6.45, 7) is 7.78. The lowest BCUT2D eigenvalue weighted by Crippen LogP contribution is -2.45. The largest absolute Gasteiger partial charge is 0.348 e. The van der Waals surface area contributed by atoms with Gasteiger partial charge in [-0.05, 0) is 42.4 Å². The van der Waals surface area contributed by atoms with Crippen LogP contribution in [0.5, 0.6) is 0 Å². The summed E-state index contributed by atoms with van der Waals surface area (Å²) in [6, 6.07) is 16.5. The number of benzene rings is 2. The Bertz CT molecular complexity index is 940. The number of rotatable bonds is 8. The van der Waals surface area contributed by atoms with Crippen molar-refractivity contribution >= 4 is 17.8 Å². The second kappa shape index (κ2) is 9.33. The van der Waals surface area contributed by atoms with E-state index in [2.05, 4.69) is 36.6 Å². The molecule has 31 heavy (non-hydrogen) atoms. The Morgan fingerprint density at radius 2 is 1.68 bits per heavy atom. The fourth-order valence-corrected chi connectivity index (χ4v) is 4.06. The van der Waals surface area contributed by atoms with E-state index in [0.29, 0.717) is 17.9 Å². The summed E-state index contributed by atoms with van der Waals surface area (Å²) < 4.78 is 0. The van der Waals surface area contributed by atoms with E-state index in [1.54, 1.807) is 0 Å². The fraction of sp³-hybridized carbons (Fsp3) is 0.400. The molecule has 2 aromatic rings. The van der Waals surface area contributed by atoms with Gasteiger partial charge >= 0.3 is 6.03 Å². The maximum atomic E-state index is 13.1. The molecule has 2 aromatic carbocycles. The van der Waals surface area contributed by atoms with Gasteiger partial charge in [-0.2, -0.15) is 0 Å². The van der Waals surface area contributed by atoms with Crippen molar-refractivity contribution < 1.29 is 14.4 Å². The predicted molar refractivity (Wildman–Crippen MR) is 120 cm³/mol. The summed E-state index contributed by atoms with van der Waals surface area (Å²) >= 11 is 0. The smallest absolute Gasteiger partial charge is 0.325 e. The molecule has 1 fully saturated rings. The molecule has 1 saturated heterocycles. The Balaban J connectivity index is 1.66. The number of hydrogen-bond acceptors (Lipinski definition) is 3. The van der Waals surface area contributed by atoms with Gasteiger partial charge in [0.2, 0.25) is 5.91 Å². The van der Waals surface area contributed by atoms with Gasteiger partial charge < -0.3 is 10.6 Å². The average molecular weight is 422 g/mol. The van der Waals surface area contributed by atoms with E-state index >= 15 is 0 Å². The highest BCUT2D eigenvalue weighted by Gasteiger charge is 2.51. The molecule has 0 aliphatic carbocycles. The van der Waals surface area contributed by atoms with Crippen LogP contribution in [0.3, 0.4) is 0 Å². The Morgan fingerprint density at radius 3 is 2.26 bits per heavy atom. The first-order valence-corrected chi connectivity index (χ1v) is 10.8. The van der Waals surface area contributed by atoms with Crippen LogP contribution in [0.25, 0.3) is 0 Å². The van der Waals surface area contributed by atoms with E-state index < -0.39 is 17.5 Å². The third-order valence-electron chi connectivity index (χ3n) is 5.78. The van der Waals surface area contributed by atoms with Crippen LogP contribution in [-0.4, -0.2) is 29.3 Å². The van der Waals surface area contributed by atoms with Gasteiger partial charge in [0.25, 0.3) is 5.91 Å². The maximum absolute atomic E-state index is 13.1. The van der Waals surface area contributed by atoms with E-state index in [1.807, 2.05) is 56.3 Å². The number of urea groups is 1. The first-order valence-electron chi connectivity index (χ1n) is 10.8. The van der Waals surface area contributed by atoms with Crippen molar-refractivity contribution in [2.24, 2.45) is 5.92 Å². The standard InChI is InChI=1S/C25H31N3O3/c1-5-25(21-9-7-6-8-10-21)23(30)28(24(31)27-25)16-22(29)26-18(4)20-13-11-19(12-14-20)15-17(2)3/h6-14,17-18H,5,15-16H2,1-4H3,(H,26,29)(H,27,31)/t18-,25-/m0/s1. The zero-order valence-corrected chi connectivity index (χ0v) is 18.6. The number of nitrogens with one attached hydrogen (secondary N) is 2. The molecule has 4 amide bonds. The van der Waals surface area contributed by atoms with Crippen molar-refractivity contribution in [2.75, 3.05) is 6.54 Å². The van der Waals surface area contributed by atoms with Crippen LogP contribution in [0.2, 0.25) is 0 Å². The highest BCUT2D eigenvalue weighted by atomic mass is 16.2. The summed E-state index contributed by atoms with van der Waals surface area (Å²) in [5.74, 6) is -0.187. The van der Waals surface area contributed by atoms with Gasteiger partial charge in [0.15, 0.2) is 0 Å². The van der Waals surface area contributed by atoms with Crippen LogP contribution >= 0.6 is 0 Å². The third-order valence-corrected chi connectivity index (χ3v) is 5.78. The average Bonchev–Trinajstić information content (AvgIpc) is 2.99. The molecule has 0 saturated carbocycles. The van der Waals surface area contributed by atoms with Gasteiger partial charge in [-0.15, -0.1) is 0 Å². The van der Waals surface area contributed by atoms with Crippen molar-refractivity contribution in [1.29, 1.82) is 0 Å². The Hall–Kier alpha value is -3.15. The third kappa shape index (κ3) is 4.79. The monoisotopic (exact) mass is 421 g/mol. The first kappa shape index (κ1) is 22.5. The van der Waals surface area contributed by atoms with Gasteiger partial charge in [-0.1, -0.05) is 75.4 Å². The highest BCUT2D eigenvalue weighted by molar-refractivity contribution is 6.09. The second-order valence-corrected chi connectivity index (χ2v) is 8.58. The molecule has 6 heteroatoms. The van der Waals surface area contributed by atoms with Crippen molar-refractivity contribution in [1.82, 2.24) is 15.5 Å². The molecular formula is C25H31N3O3. The lowest BCUT2D eigenvalue weighted by atomic mass is 9.87. The summed E-state index contributed by atoms with van der Waals surface area (Å²) in [5.41, 5.74) is 1.82. The SMILES string of the molecule is CC[C@@]1(c2ccccc2)NC(=O)N(CC(=O)N[C@@H](C)c2ccc(CC(C)C)cc2)C1=O. The molecule has 0 spiro atoms. The lowest BCUT2D eigenvalue weighted by Gasteiger charge is -2.25. The van der Waals surface area contributed by atoms with Crippen LogP contribution in [0.15, 0.2) is 54.6 Å². The Morgan fingerprint density at radius 1 is 1.03 bits per heavy atom. The van der Waals surface area contributed by atoms with Gasteiger partial charge in [0.05, 0.1) is 6.04 Å². The minimum atomic E-state index is -1.13. The number of amides is 4. The Labute approximate surface area is 184 Å². The van der Waals surface area contributed by atoms with Crippen LogP contribution in [0.4, 0.5) is 4.79 Å². The quantitative estimate of drug-likeness (QED) is 0.634. The molecule has 0 radical (unpaired) electrons. The van der Waals surface area contributed by atoms with Crippen LogP contribution < -0.4 is 10.6 Å². The molecule has 164 valence electrons. The number of imide groups is 1. The Kier molecular flexibility index (Phi) is 6.78. The molecule has 0 aromatic heterocycles. The normalized spacial score (nSPS) is 19.5. The summed E-state index contributed by atoms with van der Waals surface area (Å²) in [4.78, 5) is 39.4. The molecule has 1 aliphatic rings. The zero-order valence-electron chi connectivity index (χ0n) is 18.6. The summed E-state index contributed by atoms with van der Waals surface area (Å²) in [6.07, 6.45) is 1.41. The summed E-state index contributed by atoms with van der Waals surface area (Å²) in [5, 5.41) is 5.70. The van der Waals surface area contributed by atoms with E-state index in [4.69, 9.17) is 0 Å². The molecule has 1 heterocycles. The minimum Gasteiger partial charge on any atom is -0.348 e. The lowest BCUT2D eigenvalue weighted by molar-refractivity contribution is -0.135. The molecule has 6 nitrogen and oxygen atoms in total.